The molecule has 0 saturated carbocycles. The highest BCUT2D eigenvalue weighted by molar-refractivity contribution is 7.90. The van der Waals surface area contributed by atoms with Crippen LogP contribution in [0, 0.1) is 10.1 Å². The van der Waals surface area contributed by atoms with Crippen LogP contribution in [0.5, 0.6) is 0 Å². The van der Waals surface area contributed by atoms with Crippen molar-refractivity contribution in [3.63, 3.8) is 0 Å². The van der Waals surface area contributed by atoms with Gasteiger partial charge in [-0.15, -0.1) is 0 Å². The van der Waals surface area contributed by atoms with Crippen molar-refractivity contribution < 1.29 is 17.5 Å². The number of hydrogen-bond donors (Lipinski definition) is 0. The molecule has 1 aliphatic rings. The van der Waals surface area contributed by atoms with Gasteiger partial charge in [0.2, 0.25) is 5.03 Å². The molecule has 11 heteroatoms. The summed E-state index contributed by atoms with van der Waals surface area (Å²) >= 11 is 5.74. The van der Waals surface area contributed by atoms with Crippen molar-refractivity contribution in [1.82, 2.24) is 14.8 Å². The largest absolute Gasteiger partial charge is 0.338 e. The molecule has 0 unspecified atom stereocenters. The molecule has 132 valence electrons. The molecule has 0 N–H and O–H groups in total. The summed E-state index contributed by atoms with van der Waals surface area (Å²) in [6, 6.07) is 3.25. The lowest BCUT2D eigenvalue weighted by atomic mass is 10.2. The second-order valence-corrected chi connectivity index (χ2v) is 7.12. The van der Waals surface area contributed by atoms with Crippen LogP contribution in [-0.4, -0.2) is 55.0 Å². The Balaban J connectivity index is 2.49. The second kappa shape index (κ2) is 7.43. The third kappa shape index (κ3) is 4.01. The molecule has 0 radical (unpaired) electrons. The van der Waals surface area contributed by atoms with Crippen LogP contribution in [0.25, 0.3) is 0 Å². The molecule has 0 aliphatic carbocycles. The summed E-state index contributed by atoms with van der Waals surface area (Å²) in [6.45, 7) is 2.64. The van der Waals surface area contributed by atoms with Crippen molar-refractivity contribution in [3.8, 4) is 0 Å². The highest BCUT2D eigenvalue weighted by Gasteiger charge is 2.39. The number of nitro groups is 1. The molecule has 0 atom stereocenters. The Morgan fingerprint density at radius 3 is 2.67 bits per heavy atom. The highest BCUT2D eigenvalue weighted by Crippen LogP contribution is 2.27. The van der Waals surface area contributed by atoms with Gasteiger partial charge in [0.1, 0.15) is 5.15 Å². The van der Waals surface area contributed by atoms with E-state index >= 15 is 0 Å². The number of hydrogen-bond acceptors (Lipinski definition) is 8. The first-order chi connectivity index (χ1) is 11.3. The molecule has 0 fully saturated rings. The van der Waals surface area contributed by atoms with E-state index in [0.29, 0.717) is 17.3 Å². The zero-order valence-corrected chi connectivity index (χ0v) is 14.7. The Labute approximate surface area is 144 Å². The van der Waals surface area contributed by atoms with Crippen LogP contribution in [0.15, 0.2) is 29.1 Å². The number of pyridine rings is 1. The van der Waals surface area contributed by atoms with Crippen LogP contribution in [0.4, 0.5) is 0 Å². The van der Waals surface area contributed by atoms with E-state index in [4.69, 9.17) is 11.6 Å². The Kier molecular flexibility index (Phi) is 5.75. The molecule has 1 aromatic rings. The van der Waals surface area contributed by atoms with Gasteiger partial charge in [0.15, 0.2) is 0 Å². The quantitative estimate of drug-likeness (QED) is 0.316. The summed E-state index contributed by atoms with van der Waals surface area (Å²) in [5.74, 6) is 0. The molecule has 1 aliphatic heterocycles. The van der Waals surface area contributed by atoms with E-state index in [9.17, 15) is 18.5 Å². The van der Waals surface area contributed by atoms with Crippen LogP contribution >= 0.6 is 11.6 Å². The lowest BCUT2D eigenvalue weighted by molar-refractivity contribution is -0.431. The molecular formula is C13H17ClN4O5S. The van der Waals surface area contributed by atoms with Crippen molar-refractivity contribution >= 4 is 21.7 Å². The van der Waals surface area contributed by atoms with Crippen LogP contribution in [0.3, 0.4) is 0 Å². The fraction of sp³-hybridized carbons (Fsp3) is 0.462. The van der Waals surface area contributed by atoms with Gasteiger partial charge in [0.05, 0.1) is 25.2 Å². The molecule has 9 nitrogen and oxygen atoms in total. The number of likely N-dealkylation sites (N-methyl/N-ethyl adjacent to an activating group) is 1. The standard InChI is InChI=1S/C13H17ClN4O5S/c1-3-16-8-11(18(19)20)13(24(21,22)23-2)17(9-16)7-10-4-5-12(14)15-6-10/h4-6H,3,7-9H2,1-2H3. The fourth-order valence-electron chi connectivity index (χ4n) is 2.39. The van der Waals surface area contributed by atoms with Crippen molar-refractivity contribution in [2.45, 2.75) is 13.5 Å². The van der Waals surface area contributed by atoms with Gasteiger partial charge in [-0.3, -0.25) is 19.2 Å². The smallest absolute Gasteiger partial charge is 0.318 e. The molecule has 0 amide bonds. The molecule has 0 saturated heterocycles. The number of nitrogens with zero attached hydrogens (tertiary/aromatic N) is 4. The molecule has 1 aromatic heterocycles. The molecule has 0 spiro atoms. The lowest BCUT2D eigenvalue weighted by Gasteiger charge is -2.35. The van der Waals surface area contributed by atoms with Crippen LogP contribution in [0.2, 0.25) is 5.15 Å². The Hall–Kier alpha value is -1.75. The van der Waals surface area contributed by atoms with E-state index in [2.05, 4.69) is 9.17 Å². The third-order valence-corrected chi connectivity index (χ3v) is 5.19. The van der Waals surface area contributed by atoms with Gasteiger partial charge in [-0.1, -0.05) is 24.6 Å². The van der Waals surface area contributed by atoms with Gasteiger partial charge < -0.3 is 4.90 Å². The summed E-state index contributed by atoms with van der Waals surface area (Å²) in [4.78, 5) is 17.8. The first-order valence-electron chi connectivity index (χ1n) is 7.04. The van der Waals surface area contributed by atoms with Crippen molar-refractivity contribution in [2.75, 3.05) is 26.9 Å². The normalized spacial score (nSPS) is 16.5. The lowest BCUT2D eigenvalue weighted by Crippen LogP contribution is -2.46. The van der Waals surface area contributed by atoms with Crippen LogP contribution in [-0.2, 0) is 20.8 Å². The van der Waals surface area contributed by atoms with Gasteiger partial charge in [-0.2, -0.15) is 8.42 Å². The summed E-state index contributed by atoms with van der Waals surface area (Å²) < 4.78 is 29.0. The minimum Gasteiger partial charge on any atom is -0.338 e. The zero-order valence-electron chi connectivity index (χ0n) is 13.2. The van der Waals surface area contributed by atoms with Crippen molar-refractivity contribution in [3.05, 3.63) is 49.9 Å². The Morgan fingerprint density at radius 2 is 2.17 bits per heavy atom. The van der Waals surface area contributed by atoms with E-state index in [0.717, 1.165) is 7.11 Å². The number of rotatable bonds is 6. The summed E-state index contributed by atoms with van der Waals surface area (Å²) in [5, 5.41) is 11.3. The SMILES string of the molecule is CCN1CC([N+](=O)[O-])=C(S(=O)(=O)OC)N(Cc2ccc(Cl)nc2)C1. The molecule has 24 heavy (non-hydrogen) atoms. The predicted molar refractivity (Wildman–Crippen MR) is 86.9 cm³/mol. The van der Waals surface area contributed by atoms with E-state index in [1.165, 1.54) is 11.1 Å². The van der Waals surface area contributed by atoms with E-state index in [-0.39, 0.29) is 19.8 Å². The van der Waals surface area contributed by atoms with Crippen LogP contribution in [0.1, 0.15) is 12.5 Å². The topological polar surface area (TPSA) is 106 Å². The minimum atomic E-state index is -4.23. The Bertz CT molecular complexity index is 750. The summed E-state index contributed by atoms with van der Waals surface area (Å²) in [7, 11) is -3.25. The molecule has 0 aromatic carbocycles. The zero-order chi connectivity index (χ0) is 17.9. The first-order valence-corrected chi connectivity index (χ1v) is 8.83. The van der Waals surface area contributed by atoms with Gasteiger partial charge in [-0.25, -0.2) is 4.98 Å². The third-order valence-electron chi connectivity index (χ3n) is 3.56. The molecule has 2 heterocycles. The van der Waals surface area contributed by atoms with Gasteiger partial charge in [0, 0.05) is 12.7 Å². The van der Waals surface area contributed by atoms with E-state index in [1.807, 2.05) is 6.92 Å². The van der Waals surface area contributed by atoms with Crippen molar-refractivity contribution in [2.24, 2.45) is 0 Å². The van der Waals surface area contributed by atoms with Gasteiger partial charge in [0.25, 0.3) is 5.70 Å². The average Bonchev–Trinajstić information content (AvgIpc) is 2.56. The summed E-state index contributed by atoms with van der Waals surface area (Å²) in [6.07, 6.45) is 1.50. The van der Waals surface area contributed by atoms with E-state index in [1.54, 1.807) is 17.0 Å². The average molecular weight is 377 g/mol. The highest BCUT2D eigenvalue weighted by atomic mass is 35.5. The summed E-state index contributed by atoms with van der Waals surface area (Å²) in [5.41, 5.74) is 0.260. The first kappa shape index (κ1) is 18.6. The fourth-order valence-corrected chi connectivity index (χ4v) is 3.52. The second-order valence-electron chi connectivity index (χ2n) is 5.10. The van der Waals surface area contributed by atoms with Gasteiger partial charge in [-0.05, 0) is 18.2 Å². The molecule has 2 rings (SSSR count). The maximum atomic E-state index is 12.2. The molecular weight excluding hydrogens is 360 g/mol. The van der Waals surface area contributed by atoms with Gasteiger partial charge >= 0.3 is 10.1 Å². The Morgan fingerprint density at radius 1 is 1.46 bits per heavy atom. The maximum absolute atomic E-state index is 12.2. The predicted octanol–water partition coefficient (Wildman–Crippen LogP) is 1.25. The number of aromatic nitrogens is 1. The van der Waals surface area contributed by atoms with Crippen molar-refractivity contribution in [1.29, 1.82) is 0 Å². The maximum Gasteiger partial charge on any atom is 0.318 e. The molecule has 0 bridgehead atoms. The minimum absolute atomic E-state index is 0.0726. The number of halogens is 1. The monoisotopic (exact) mass is 376 g/mol. The van der Waals surface area contributed by atoms with Crippen LogP contribution < -0.4 is 0 Å². The van der Waals surface area contributed by atoms with E-state index < -0.39 is 25.8 Å².